The molecule has 5 heteroatoms. The highest BCUT2D eigenvalue weighted by molar-refractivity contribution is 5.87. The maximum Gasteiger partial charge on any atom is 0.335 e. The molecule has 0 aromatic heterocycles. The highest BCUT2D eigenvalue weighted by Gasteiger charge is 2.11. The molecule has 0 spiro atoms. The molecule has 2 aromatic rings. The SMILES string of the molecule is C[C@H](O)c1cc(F)ccc1OCc1ccc(C(=O)O)cc1. The van der Waals surface area contributed by atoms with Crippen LogP contribution in [0.25, 0.3) is 0 Å². The maximum atomic E-state index is 13.2. The minimum absolute atomic E-state index is 0.199. The zero-order chi connectivity index (χ0) is 15.4. The van der Waals surface area contributed by atoms with Crippen molar-refractivity contribution in [2.45, 2.75) is 19.6 Å². The van der Waals surface area contributed by atoms with Crippen molar-refractivity contribution in [2.75, 3.05) is 0 Å². The number of aromatic carboxylic acids is 1. The van der Waals surface area contributed by atoms with E-state index in [0.717, 1.165) is 5.56 Å². The Kier molecular flexibility index (Phi) is 4.55. The fourth-order valence-corrected chi connectivity index (χ4v) is 1.88. The van der Waals surface area contributed by atoms with Gasteiger partial charge in [0.1, 0.15) is 18.2 Å². The summed E-state index contributed by atoms with van der Waals surface area (Å²) >= 11 is 0. The van der Waals surface area contributed by atoms with Crippen molar-refractivity contribution < 1.29 is 24.1 Å². The van der Waals surface area contributed by atoms with Gasteiger partial charge in [-0.15, -0.1) is 0 Å². The van der Waals surface area contributed by atoms with E-state index in [1.165, 1.54) is 37.3 Å². The Labute approximate surface area is 121 Å². The van der Waals surface area contributed by atoms with E-state index in [4.69, 9.17) is 9.84 Å². The number of aliphatic hydroxyl groups excluding tert-OH is 1. The predicted octanol–water partition coefficient (Wildman–Crippen LogP) is 3.16. The zero-order valence-electron chi connectivity index (χ0n) is 11.4. The van der Waals surface area contributed by atoms with Crippen molar-refractivity contribution in [2.24, 2.45) is 0 Å². The fraction of sp³-hybridized carbons (Fsp3) is 0.188. The number of aliphatic hydroxyl groups is 1. The Morgan fingerprint density at radius 2 is 1.90 bits per heavy atom. The number of halogens is 1. The van der Waals surface area contributed by atoms with E-state index in [1.807, 2.05) is 0 Å². The van der Waals surface area contributed by atoms with Crippen molar-refractivity contribution in [3.05, 3.63) is 65.0 Å². The molecular formula is C16H15FO4. The van der Waals surface area contributed by atoms with Crippen LogP contribution in [0.2, 0.25) is 0 Å². The van der Waals surface area contributed by atoms with Gasteiger partial charge in [0, 0.05) is 5.56 Å². The first kappa shape index (κ1) is 15.0. The Balaban J connectivity index is 2.11. The zero-order valence-corrected chi connectivity index (χ0v) is 11.4. The number of carboxylic acids is 1. The van der Waals surface area contributed by atoms with E-state index in [-0.39, 0.29) is 12.2 Å². The molecule has 0 aliphatic carbocycles. The molecule has 110 valence electrons. The van der Waals surface area contributed by atoms with Gasteiger partial charge < -0.3 is 14.9 Å². The van der Waals surface area contributed by atoms with E-state index in [1.54, 1.807) is 12.1 Å². The molecule has 2 N–H and O–H groups in total. The van der Waals surface area contributed by atoms with Crippen LogP contribution in [0.3, 0.4) is 0 Å². The van der Waals surface area contributed by atoms with Crippen LogP contribution in [0.1, 0.15) is 34.5 Å². The number of ether oxygens (including phenoxy) is 1. The topological polar surface area (TPSA) is 66.8 Å². The Morgan fingerprint density at radius 3 is 2.48 bits per heavy atom. The van der Waals surface area contributed by atoms with Crippen LogP contribution in [0.5, 0.6) is 5.75 Å². The number of rotatable bonds is 5. The predicted molar refractivity (Wildman–Crippen MR) is 74.8 cm³/mol. The molecule has 0 heterocycles. The molecule has 1 atom stereocenters. The Bertz CT molecular complexity index is 635. The summed E-state index contributed by atoms with van der Waals surface area (Å²) in [6.07, 6.45) is -0.843. The summed E-state index contributed by atoms with van der Waals surface area (Å²) < 4.78 is 18.7. The highest BCUT2D eigenvalue weighted by atomic mass is 19.1. The minimum atomic E-state index is -0.989. The van der Waals surface area contributed by atoms with Gasteiger partial charge in [-0.1, -0.05) is 12.1 Å². The third-order valence-corrected chi connectivity index (χ3v) is 3.02. The summed E-state index contributed by atoms with van der Waals surface area (Å²) in [5.41, 5.74) is 1.35. The third-order valence-electron chi connectivity index (χ3n) is 3.02. The average Bonchev–Trinajstić information content (AvgIpc) is 2.46. The van der Waals surface area contributed by atoms with E-state index in [2.05, 4.69) is 0 Å². The van der Waals surface area contributed by atoms with Crippen molar-refractivity contribution in [1.29, 1.82) is 0 Å². The number of hydrogen-bond donors (Lipinski definition) is 2. The molecule has 0 bridgehead atoms. The standard InChI is InChI=1S/C16H15FO4/c1-10(18)14-8-13(17)6-7-15(14)21-9-11-2-4-12(5-3-11)16(19)20/h2-8,10,18H,9H2,1H3,(H,19,20)/t10-/m0/s1. The molecule has 0 unspecified atom stereocenters. The first-order chi connectivity index (χ1) is 9.97. The largest absolute Gasteiger partial charge is 0.489 e. The molecule has 21 heavy (non-hydrogen) atoms. The van der Waals surface area contributed by atoms with E-state index >= 15 is 0 Å². The molecule has 4 nitrogen and oxygen atoms in total. The van der Waals surface area contributed by atoms with Gasteiger partial charge in [0.2, 0.25) is 0 Å². The van der Waals surface area contributed by atoms with Crippen LogP contribution in [0.15, 0.2) is 42.5 Å². The second kappa shape index (κ2) is 6.37. The van der Waals surface area contributed by atoms with E-state index < -0.39 is 17.9 Å². The van der Waals surface area contributed by atoms with Gasteiger partial charge in [-0.25, -0.2) is 9.18 Å². The Hall–Kier alpha value is -2.40. The van der Waals surface area contributed by atoms with Crippen LogP contribution in [-0.4, -0.2) is 16.2 Å². The third kappa shape index (κ3) is 3.79. The minimum Gasteiger partial charge on any atom is -0.489 e. The lowest BCUT2D eigenvalue weighted by molar-refractivity contribution is 0.0697. The van der Waals surface area contributed by atoms with Gasteiger partial charge in [0.05, 0.1) is 11.7 Å². The lowest BCUT2D eigenvalue weighted by Crippen LogP contribution is -2.02. The average molecular weight is 290 g/mol. The second-order valence-corrected chi connectivity index (χ2v) is 4.65. The van der Waals surface area contributed by atoms with E-state index in [0.29, 0.717) is 11.3 Å². The molecule has 0 aliphatic heterocycles. The van der Waals surface area contributed by atoms with Crippen LogP contribution in [0.4, 0.5) is 4.39 Å². The van der Waals surface area contributed by atoms with Gasteiger partial charge in [-0.3, -0.25) is 0 Å². The van der Waals surface area contributed by atoms with Gasteiger partial charge in [0.15, 0.2) is 0 Å². The molecule has 0 saturated carbocycles. The molecular weight excluding hydrogens is 275 g/mol. The Morgan fingerprint density at radius 1 is 1.24 bits per heavy atom. The van der Waals surface area contributed by atoms with Crippen LogP contribution >= 0.6 is 0 Å². The van der Waals surface area contributed by atoms with Crippen molar-refractivity contribution in [3.63, 3.8) is 0 Å². The molecule has 0 aliphatic rings. The first-order valence-corrected chi connectivity index (χ1v) is 6.40. The van der Waals surface area contributed by atoms with Crippen LogP contribution in [-0.2, 0) is 6.61 Å². The number of carbonyl (C=O) groups is 1. The normalized spacial score (nSPS) is 12.0. The van der Waals surface area contributed by atoms with Crippen molar-refractivity contribution >= 4 is 5.97 Å². The molecule has 0 saturated heterocycles. The summed E-state index contributed by atoms with van der Waals surface area (Å²) in [6.45, 7) is 1.73. The summed E-state index contributed by atoms with van der Waals surface area (Å²) in [5, 5.41) is 18.4. The van der Waals surface area contributed by atoms with Gasteiger partial charge >= 0.3 is 5.97 Å². The number of carboxylic acid groups (broad SMARTS) is 1. The molecule has 0 fully saturated rings. The molecule has 0 amide bonds. The quantitative estimate of drug-likeness (QED) is 0.887. The summed E-state index contributed by atoms with van der Waals surface area (Å²) in [6, 6.07) is 10.2. The lowest BCUT2D eigenvalue weighted by Gasteiger charge is -2.13. The summed E-state index contributed by atoms with van der Waals surface area (Å²) in [7, 11) is 0. The fourth-order valence-electron chi connectivity index (χ4n) is 1.88. The summed E-state index contributed by atoms with van der Waals surface area (Å²) in [4.78, 5) is 10.7. The van der Waals surface area contributed by atoms with Gasteiger partial charge in [-0.2, -0.15) is 0 Å². The maximum absolute atomic E-state index is 13.2. The van der Waals surface area contributed by atoms with Gasteiger partial charge in [0.25, 0.3) is 0 Å². The van der Waals surface area contributed by atoms with Crippen LogP contribution in [0, 0.1) is 5.82 Å². The summed E-state index contributed by atoms with van der Waals surface area (Å²) in [5.74, 6) is -1.03. The van der Waals surface area contributed by atoms with Gasteiger partial charge in [-0.05, 0) is 42.8 Å². The number of benzene rings is 2. The second-order valence-electron chi connectivity index (χ2n) is 4.65. The van der Waals surface area contributed by atoms with Crippen LogP contribution < -0.4 is 4.74 Å². The first-order valence-electron chi connectivity index (χ1n) is 6.40. The van der Waals surface area contributed by atoms with E-state index in [9.17, 15) is 14.3 Å². The monoisotopic (exact) mass is 290 g/mol. The molecule has 2 aromatic carbocycles. The molecule has 2 rings (SSSR count). The lowest BCUT2D eigenvalue weighted by atomic mass is 10.1. The molecule has 0 radical (unpaired) electrons. The van der Waals surface area contributed by atoms with Crippen molar-refractivity contribution in [3.8, 4) is 5.75 Å². The van der Waals surface area contributed by atoms with Crippen molar-refractivity contribution in [1.82, 2.24) is 0 Å². The smallest absolute Gasteiger partial charge is 0.335 e. The number of hydrogen-bond acceptors (Lipinski definition) is 3. The highest BCUT2D eigenvalue weighted by Crippen LogP contribution is 2.26.